The Labute approximate surface area is 173 Å². The molecule has 0 aliphatic carbocycles. The number of thiophene rings is 1. The number of rotatable bonds is 6. The number of hydrogen-bond acceptors (Lipinski definition) is 5. The number of benzene rings is 2. The summed E-state index contributed by atoms with van der Waals surface area (Å²) in [4.78, 5) is 24.9. The van der Waals surface area contributed by atoms with Crippen LogP contribution >= 0.6 is 11.3 Å². The molecule has 7 heteroatoms. The Hall–Kier alpha value is -3.06. The van der Waals surface area contributed by atoms with Crippen molar-refractivity contribution in [2.24, 2.45) is 0 Å². The zero-order valence-corrected chi connectivity index (χ0v) is 17.7. The van der Waals surface area contributed by atoms with E-state index in [1.165, 1.54) is 24.0 Å². The Kier molecular flexibility index (Phi) is 6.39. The summed E-state index contributed by atoms with van der Waals surface area (Å²) in [6.45, 7) is 6.51. The van der Waals surface area contributed by atoms with E-state index in [4.69, 9.17) is 9.47 Å². The molecule has 0 radical (unpaired) electrons. The summed E-state index contributed by atoms with van der Waals surface area (Å²) in [6, 6.07) is 10.9. The number of nitrogens with one attached hydrogen (secondary N) is 2. The molecule has 0 aliphatic rings. The molecule has 3 rings (SSSR count). The Morgan fingerprint density at radius 2 is 1.69 bits per heavy atom. The molecule has 2 aromatic carbocycles. The summed E-state index contributed by atoms with van der Waals surface area (Å²) in [5, 5.41) is 6.44. The van der Waals surface area contributed by atoms with Crippen molar-refractivity contribution in [2.45, 2.75) is 27.2 Å². The summed E-state index contributed by atoms with van der Waals surface area (Å²) >= 11 is 1.31. The van der Waals surface area contributed by atoms with Gasteiger partial charge in [0.05, 0.1) is 13.7 Å². The van der Waals surface area contributed by atoms with Gasteiger partial charge in [-0.3, -0.25) is 0 Å². The monoisotopic (exact) mass is 412 g/mol. The fourth-order valence-electron chi connectivity index (χ4n) is 2.84. The van der Waals surface area contributed by atoms with Crippen molar-refractivity contribution < 1.29 is 19.1 Å². The van der Waals surface area contributed by atoms with Gasteiger partial charge in [-0.15, -0.1) is 11.3 Å². The normalized spacial score (nSPS) is 10.6. The van der Waals surface area contributed by atoms with Crippen LogP contribution in [0.5, 0.6) is 5.75 Å². The molecule has 29 heavy (non-hydrogen) atoms. The number of ether oxygens (including phenoxy) is 2. The molecule has 2 N–H and O–H groups in total. The number of carbonyl (C=O) groups is 2. The summed E-state index contributed by atoms with van der Waals surface area (Å²) in [7, 11) is 1.35. The van der Waals surface area contributed by atoms with Crippen molar-refractivity contribution in [3.8, 4) is 5.75 Å². The van der Waals surface area contributed by atoms with Gasteiger partial charge in [-0.2, -0.15) is 0 Å². The van der Waals surface area contributed by atoms with Crippen LogP contribution in [0.1, 0.15) is 34.1 Å². The van der Waals surface area contributed by atoms with E-state index in [-0.39, 0.29) is 6.03 Å². The van der Waals surface area contributed by atoms with Crippen LogP contribution in [0, 0.1) is 13.8 Å². The first-order chi connectivity index (χ1) is 13.9. The van der Waals surface area contributed by atoms with Crippen LogP contribution in [-0.2, 0) is 4.74 Å². The topological polar surface area (TPSA) is 76.7 Å². The van der Waals surface area contributed by atoms with Crippen LogP contribution in [0.2, 0.25) is 0 Å². The average molecular weight is 413 g/mol. The lowest BCUT2D eigenvalue weighted by Gasteiger charge is -2.10. The van der Waals surface area contributed by atoms with Gasteiger partial charge in [0.2, 0.25) is 0 Å². The van der Waals surface area contributed by atoms with Gasteiger partial charge < -0.3 is 20.1 Å². The molecule has 1 heterocycles. The standard InChI is InChI=1S/C22H24N2O4S/c1-5-10-28-19-17-12-16(8-9-18(17)29-20(19)21(25)27-4)24-22(26)23-15-7-6-13(2)14(3)11-15/h6-9,11-12H,5,10H2,1-4H3,(H2,23,24,26). The zero-order valence-electron chi connectivity index (χ0n) is 16.9. The lowest BCUT2D eigenvalue weighted by molar-refractivity contribution is 0.0602. The molecule has 2 amide bonds. The van der Waals surface area contributed by atoms with Gasteiger partial charge in [0, 0.05) is 21.5 Å². The minimum Gasteiger partial charge on any atom is -0.491 e. The largest absolute Gasteiger partial charge is 0.491 e. The second-order valence-corrected chi connectivity index (χ2v) is 7.74. The van der Waals surface area contributed by atoms with Gasteiger partial charge in [0.15, 0.2) is 10.6 Å². The van der Waals surface area contributed by atoms with E-state index in [1.807, 2.05) is 51.1 Å². The summed E-state index contributed by atoms with van der Waals surface area (Å²) in [5.74, 6) is 0.0659. The molecular weight excluding hydrogens is 388 g/mol. The fourth-order valence-corrected chi connectivity index (χ4v) is 3.89. The predicted molar refractivity (Wildman–Crippen MR) is 118 cm³/mol. The van der Waals surface area contributed by atoms with E-state index >= 15 is 0 Å². The third-order valence-corrected chi connectivity index (χ3v) is 5.62. The average Bonchev–Trinajstić information content (AvgIpc) is 3.06. The van der Waals surface area contributed by atoms with Crippen molar-refractivity contribution in [1.82, 2.24) is 0 Å². The van der Waals surface area contributed by atoms with Gasteiger partial charge in [-0.25, -0.2) is 9.59 Å². The second kappa shape index (κ2) is 8.96. The van der Waals surface area contributed by atoms with Gasteiger partial charge >= 0.3 is 12.0 Å². The third-order valence-electron chi connectivity index (χ3n) is 4.49. The first-order valence-corrected chi connectivity index (χ1v) is 10.2. The fraction of sp³-hybridized carbons (Fsp3) is 0.273. The molecule has 0 aliphatic heterocycles. The van der Waals surface area contributed by atoms with Crippen LogP contribution in [-0.4, -0.2) is 25.7 Å². The predicted octanol–water partition coefficient (Wildman–Crippen LogP) is 5.74. The highest BCUT2D eigenvalue weighted by Gasteiger charge is 2.21. The molecule has 0 fully saturated rings. The van der Waals surface area contributed by atoms with E-state index < -0.39 is 5.97 Å². The Balaban J connectivity index is 1.84. The van der Waals surface area contributed by atoms with Crippen molar-refractivity contribution in [3.05, 3.63) is 52.4 Å². The lowest BCUT2D eigenvalue weighted by Crippen LogP contribution is -2.19. The smallest absolute Gasteiger partial charge is 0.351 e. The molecule has 6 nitrogen and oxygen atoms in total. The van der Waals surface area contributed by atoms with Crippen LogP contribution in [0.15, 0.2) is 36.4 Å². The molecule has 0 saturated carbocycles. The molecule has 1 aromatic heterocycles. The van der Waals surface area contributed by atoms with Gasteiger partial charge in [-0.1, -0.05) is 13.0 Å². The number of methoxy groups -OCH3 is 1. The molecule has 0 atom stereocenters. The molecule has 0 unspecified atom stereocenters. The van der Waals surface area contributed by atoms with E-state index in [0.717, 1.165) is 27.8 Å². The summed E-state index contributed by atoms with van der Waals surface area (Å²) in [6.07, 6.45) is 0.814. The van der Waals surface area contributed by atoms with Crippen molar-refractivity contribution in [1.29, 1.82) is 0 Å². The first-order valence-electron chi connectivity index (χ1n) is 9.35. The molecule has 152 valence electrons. The lowest BCUT2D eigenvalue weighted by atomic mass is 10.1. The number of carbonyl (C=O) groups excluding carboxylic acids is 2. The molecular formula is C22H24N2O4S. The number of urea groups is 1. The number of hydrogen-bond donors (Lipinski definition) is 2. The maximum absolute atomic E-state index is 12.4. The summed E-state index contributed by atoms with van der Waals surface area (Å²) in [5.41, 5.74) is 3.60. The van der Waals surface area contributed by atoms with E-state index in [1.54, 1.807) is 6.07 Å². The van der Waals surface area contributed by atoms with Gasteiger partial charge in [0.25, 0.3) is 0 Å². The first kappa shape index (κ1) is 20.7. The van der Waals surface area contributed by atoms with Crippen LogP contribution in [0.3, 0.4) is 0 Å². The number of amides is 2. The van der Waals surface area contributed by atoms with Gasteiger partial charge in [-0.05, 0) is 61.7 Å². The highest BCUT2D eigenvalue weighted by molar-refractivity contribution is 7.21. The highest BCUT2D eigenvalue weighted by atomic mass is 32.1. The van der Waals surface area contributed by atoms with Crippen LogP contribution in [0.25, 0.3) is 10.1 Å². The van der Waals surface area contributed by atoms with Crippen molar-refractivity contribution >= 4 is 44.8 Å². The van der Waals surface area contributed by atoms with Crippen LogP contribution in [0.4, 0.5) is 16.2 Å². The third kappa shape index (κ3) is 4.68. The van der Waals surface area contributed by atoms with Crippen molar-refractivity contribution in [3.63, 3.8) is 0 Å². The highest BCUT2D eigenvalue weighted by Crippen LogP contribution is 2.39. The maximum Gasteiger partial charge on any atom is 0.351 e. The Morgan fingerprint density at radius 1 is 1.00 bits per heavy atom. The zero-order chi connectivity index (χ0) is 21.0. The van der Waals surface area contributed by atoms with E-state index in [9.17, 15) is 9.59 Å². The minimum absolute atomic E-state index is 0.341. The SMILES string of the molecule is CCCOc1c(C(=O)OC)sc2ccc(NC(=O)Nc3ccc(C)c(C)c3)cc12. The minimum atomic E-state index is -0.431. The molecule has 0 saturated heterocycles. The van der Waals surface area contributed by atoms with E-state index in [2.05, 4.69) is 10.6 Å². The number of aryl methyl sites for hydroxylation is 2. The maximum atomic E-state index is 12.4. The molecule has 3 aromatic rings. The number of fused-ring (bicyclic) bond motifs is 1. The molecule has 0 bridgehead atoms. The van der Waals surface area contributed by atoms with Crippen LogP contribution < -0.4 is 15.4 Å². The van der Waals surface area contributed by atoms with Crippen molar-refractivity contribution in [2.75, 3.05) is 24.4 Å². The Morgan fingerprint density at radius 3 is 2.34 bits per heavy atom. The Bertz CT molecular complexity index is 1060. The quantitative estimate of drug-likeness (QED) is 0.506. The van der Waals surface area contributed by atoms with Gasteiger partial charge in [0.1, 0.15) is 0 Å². The molecule has 0 spiro atoms. The number of esters is 1. The number of anilines is 2. The second-order valence-electron chi connectivity index (χ2n) is 6.69. The van der Waals surface area contributed by atoms with E-state index in [0.29, 0.717) is 22.9 Å². The summed E-state index contributed by atoms with van der Waals surface area (Å²) < 4.78 is 11.6.